The Bertz CT molecular complexity index is 491. The van der Waals surface area contributed by atoms with Gasteiger partial charge in [0.05, 0.1) is 0 Å². The molecular weight excluding hydrogens is 267 g/mol. The van der Waals surface area contributed by atoms with E-state index in [1.165, 1.54) is 6.07 Å². The lowest BCUT2D eigenvalue weighted by atomic mass is 10.1. The third-order valence-electron chi connectivity index (χ3n) is 3.20. The smallest absolute Gasteiger partial charge is 0.124 e. The van der Waals surface area contributed by atoms with E-state index in [0.717, 1.165) is 38.2 Å². The van der Waals surface area contributed by atoms with E-state index in [9.17, 15) is 4.39 Å². The molecule has 3 nitrogen and oxygen atoms in total. The Labute approximate surface area is 127 Å². The molecule has 0 saturated carbocycles. The summed E-state index contributed by atoms with van der Waals surface area (Å²) in [6.07, 6.45) is 1.09. The minimum Gasteiger partial charge on any atom is -0.384 e. The summed E-state index contributed by atoms with van der Waals surface area (Å²) in [5.41, 5.74) is 1.53. The number of hydrogen-bond donors (Lipinski definition) is 1. The zero-order valence-electron chi connectivity index (χ0n) is 13.2. The Morgan fingerprint density at radius 3 is 2.57 bits per heavy atom. The van der Waals surface area contributed by atoms with Gasteiger partial charge in [-0.3, -0.25) is 4.90 Å². The topological polar surface area (TPSA) is 26.7 Å². The number of benzene rings is 1. The van der Waals surface area contributed by atoms with Gasteiger partial charge in [-0.15, -0.1) is 0 Å². The van der Waals surface area contributed by atoms with Crippen molar-refractivity contribution in [3.63, 3.8) is 0 Å². The average Bonchev–Trinajstić information content (AvgIpc) is 2.43. The molecule has 0 aliphatic rings. The first-order valence-electron chi connectivity index (χ1n) is 7.31. The molecule has 0 aliphatic heterocycles. The second-order valence-corrected chi connectivity index (χ2v) is 5.33. The molecule has 1 rings (SSSR count). The van der Waals surface area contributed by atoms with Crippen LogP contribution in [0.3, 0.4) is 0 Å². The Morgan fingerprint density at radius 1 is 1.19 bits per heavy atom. The zero-order chi connectivity index (χ0) is 15.7. The highest BCUT2D eigenvalue weighted by molar-refractivity contribution is 5.37. The maximum absolute atomic E-state index is 13.6. The molecule has 0 fully saturated rings. The highest BCUT2D eigenvalue weighted by Crippen LogP contribution is 2.11. The van der Waals surface area contributed by atoms with Gasteiger partial charge in [-0.2, -0.15) is 0 Å². The van der Waals surface area contributed by atoms with Gasteiger partial charge in [-0.05, 0) is 63.9 Å². The molecule has 4 heteroatoms. The number of rotatable bonds is 7. The molecule has 0 saturated heterocycles. The number of halogens is 1. The van der Waals surface area contributed by atoms with Crippen LogP contribution in [0.1, 0.15) is 24.5 Å². The van der Waals surface area contributed by atoms with Gasteiger partial charge in [0, 0.05) is 12.1 Å². The summed E-state index contributed by atoms with van der Waals surface area (Å²) in [5, 5.41) is 8.71. The molecule has 0 heterocycles. The van der Waals surface area contributed by atoms with Crippen molar-refractivity contribution in [2.24, 2.45) is 0 Å². The highest BCUT2D eigenvalue weighted by Gasteiger charge is 2.06. The lowest BCUT2D eigenvalue weighted by Crippen LogP contribution is -2.27. The summed E-state index contributed by atoms with van der Waals surface area (Å²) in [6.45, 7) is 5.59. The Kier molecular flexibility index (Phi) is 7.99. The third kappa shape index (κ3) is 7.24. The highest BCUT2D eigenvalue weighted by atomic mass is 19.1. The van der Waals surface area contributed by atoms with Crippen LogP contribution in [0.5, 0.6) is 0 Å². The Morgan fingerprint density at radius 2 is 1.95 bits per heavy atom. The molecule has 0 spiro atoms. The lowest BCUT2D eigenvalue weighted by molar-refractivity contribution is 0.259. The molecule has 1 aromatic carbocycles. The third-order valence-corrected chi connectivity index (χ3v) is 3.20. The van der Waals surface area contributed by atoms with E-state index in [-0.39, 0.29) is 12.4 Å². The van der Waals surface area contributed by atoms with E-state index in [1.54, 1.807) is 6.07 Å². The molecule has 0 aromatic heterocycles. The molecule has 1 N–H and O–H groups in total. The SMILES string of the molecule is CCN(CCCN(C)C)Cc1cc(F)cc(C#CCO)c1. The van der Waals surface area contributed by atoms with Crippen LogP contribution >= 0.6 is 0 Å². The molecule has 0 aliphatic carbocycles. The number of hydrogen-bond acceptors (Lipinski definition) is 3. The number of nitrogens with zero attached hydrogens (tertiary/aromatic N) is 2. The summed E-state index contributed by atoms with van der Waals surface area (Å²) in [5.74, 6) is 5.03. The van der Waals surface area contributed by atoms with Crippen molar-refractivity contribution < 1.29 is 9.50 Å². The molecule has 0 bridgehead atoms. The maximum atomic E-state index is 13.6. The van der Waals surface area contributed by atoms with E-state index in [4.69, 9.17) is 5.11 Å². The minimum absolute atomic E-state index is 0.211. The van der Waals surface area contributed by atoms with Crippen molar-refractivity contribution in [2.45, 2.75) is 19.9 Å². The average molecular weight is 292 g/mol. The van der Waals surface area contributed by atoms with E-state index < -0.39 is 0 Å². The fourth-order valence-corrected chi connectivity index (χ4v) is 2.17. The van der Waals surface area contributed by atoms with Crippen LogP contribution < -0.4 is 0 Å². The van der Waals surface area contributed by atoms with Crippen molar-refractivity contribution in [3.05, 3.63) is 35.1 Å². The van der Waals surface area contributed by atoms with Crippen molar-refractivity contribution in [3.8, 4) is 11.8 Å². The van der Waals surface area contributed by atoms with Crippen molar-refractivity contribution >= 4 is 0 Å². The largest absolute Gasteiger partial charge is 0.384 e. The first kappa shape index (κ1) is 17.6. The Hall–Kier alpha value is -1.41. The van der Waals surface area contributed by atoms with E-state index >= 15 is 0 Å². The normalized spacial score (nSPS) is 10.8. The standard InChI is InChI=1S/C17H25FN2O/c1-4-20(9-6-8-19(2)3)14-16-11-15(7-5-10-21)12-17(18)13-16/h11-13,21H,4,6,8-10,14H2,1-3H3. The van der Waals surface area contributed by atoms with Crippen LogP contribution in [0, 0.1) is 17.7 Å². The monoisotopic (exact) mass is 292 g/mol. The lowest BCUT2D eigenvalue weighted by Gasteiger charge is -2.21. The molecule has 0 unspecified atom stereocenters. The first-order valence-corrected chi connectivity index (χ1v) is 7.31. The fourth-order valence-electron chi connectivity index (χ4n) is 2.17. The molecule has 0 atom stereocenters. The second-order valence-electron chi connectivity index (χ2n) is 5.33. The van der Waals surface area contributed by atoms with E-state index in [2.05, 4.69) is 42.7 Å². The van der Waals surface area contributed by atoms with Gasteiger partial charge in [-0.1, -0.05) is 18.8 Å². The predicted octanol–water partition coefficient (Wildman–Crippen LogP) is 1.94. The zero-order valence-corrected chi connectivity index (χ0v) is 13.2. The summed E-state index contributed by atoms with van der Waals surface area (Å²) in [4.78, 5) is 4.46. The Balaban J connectivity index is 2.68. The molecule has 116 valence electrons. The van der Waals surface area contributed by atoms with Gasteiger partial charge >= 0.3 is 0 Å². The van der Waals surface area contributed by atoms with Gasteiger partial charge in [0.15, 0.2) is 0 Å². The fraction of sp³-hybridized carbons (Fsp3) is 0.529. The van der Waals surface area contributed by atoms with Crippen LogP contribution in [0.4, 0.5) is 4.39 Å². The van der Waals surface area contributed by atoms with E-state index in [1.807, 2.05) is 6.07 Å². The van der Waals surface area contributed by atoms with Crippen LogP contribution in [0.2, 0.25) is 0 Å². The van der Waals surface area contributed by atoms with Crippen LogP contribution in [-0.2, 0) is 6.54 Å². The minimum atomic E-state index is -0.279. The maximum Gasteiger partial charge on any atom is 0.124 e. The molecular formula is C17H25FN2O. The van der Waals surface area contributed by atoms with Crippen LogP contribution in [0.15, 0.2) is 18.2 Å². The molecule has 0 amide bonds. The van der Waals surface area contributed by atoms with Gasteiger partial charge in [0.1, 0.15) is 12.4 Å². The van der Waals surface area contributed by atoms with Gasteiger partial charge < -0.3 is 10.0 Å². The predicted molar refractivity (Wildman–Crippen MR) is 84.5 cm³/mol. The van der Waals surface area contributed by atoms with Crippen LogP contribution in [0.25, 0.3) is 0 Å². The number of aliphatic hydroxyl groups excluding tert-OH is 1. The van der Waals surface area contributed by atoms with Crippen molar-refractivity contribution in [2.75, 3.05) is 40.3 Å². The summed E-state index contributed by atoms with van der Waals surface area (Å²) >= 11 is 0. The van der Waals surface area contributed by atoms with E-state index in [0.29, 0.717) is 5.56 Å². The quantitative estimate of drug-likeness (QED) is 0.778. The van der Waals surface area contributed by atoms with Gasteiger partial charge in [-0.25, -0.2) is 4.39 Å². The summed E-state index contributed by atoms with van der Waals surface area (Å²) in [7, 11) is 4.13. The van der Waals surface area contributed by atoms with Gasteiger partial charge in [0.25, 0.3) is 0 Å². The van der Waals surface area contributed by atoms with Gasteiger partial charge in [0.2, 0.25) is 0 Å². The van der Waals surface area contributed by atoms with Crippen molar-refractivity contribution in [1.82, 2.24) is 9.80 Å². The second kappa shape index (κ2) is 9.51. The molecule has 21 heavy (non-hydrogen) atoms. The molecule has 1 aromatic rings. The summed E-state index contributed by atoms with van der Waals surface area (Å²) in [6, 6.07) is 4.84. The first-order chi connectivity index (χ1) is 10.0. The molecule has 0 radical (unpaired) electrons. The number of aliphatic hydroxyl groups is 1. The summed E-state index contributed by atoms with van der Waals surface area (Å²) < 4.78 is 13.6. The van der Waals surface area contributed by atoms with Crippen LogP contribution in [-0.4, -0.2) is 55.2 Å². The van der Waals surface area contributed by atoms with Crippen molar-refractivity contribution in [1.29, 1.82) is 0 Å².